The number of rotatable bonds is 4. The molecule has 0 spiro atoms. The van der Waals surface area contributed by atoms with Crippen LogP contribution in [0.3, 0.4) is 0 Å². The lowest BCUT2D eigenvalue weighted by Gasteiger charge is -2.26. The summed E-state index contributed by atoms with van der Waals surface area (Å²) in [4.78, 5) is 11.9. The Morgan fingerprint density at radius 2 is 2.05 bits per heavy atom. The van der Waals surface area contributed by atoms with Gasteiger partial charge >= 0.3 is 0 Å². The van der Waals surface area contributed by atoms with Gasteiger partial charge in [0.05, 0.1) is 5.69 Å². The lowest BCUT2D eigenvalue weighted by atomic mass is 9.85. The molecule has 1 aromatic rings. The maximum Gasteiger partial charge on any atom is 0.226 e. The Morgan fingerprint density at radius 1 is 1.42 bits per heavy atom. The Labute approximate surface area is 115 Å². The van der Waals surface area contributed by atoms with Gasteiger partial charge in [-0.2, -0.15) is 0 Å². The van der Waals surface area contributed by atoms with E-state index in [9.17, 15) is 9.90 Å². The first-order valence-electron chi connectivity index (χ1n) is 6.61. The second-order valence-corrected chi connectivity index (χ2v) is 5.93. The molecule has 4 N–H and O–H groups in total. The largest absolute Gasteiger partial charge is 0.506 e. The van der Waals surface area contributed by atoms with Crippen molar-refractivity contribution in [1.29, 1.82) is 0 Å². The number of carbonyl (C=O) groups is 1. The monoisotopic (exact) mass is 264 g/mol. The molecule has 1 aromatic carbocycles. The van der Waals surface area contributed by atoms with Crippen molar-refractivity contribution in [3.63, 3.8) is 0 Å². The normalized spacial score (nSPS) is 13.1. The standard InChI is InChI=1S/C15H24N2O2/c1-5-10-6-7-12(18)11(8-10)17-14(19)9-13(16)15(2,3)4/h6-8,13,18H,5,9,16H2,1-4H3,(H,17,19). The molecule has 4 heteroatoms. The fourth-order valence-electron chi connectivity index (χ4n) is 1.61. The predicted octanol–water partition coefficient (Wildman–Crippen LogP) is 2.66. The lowest BCUT2D eigenvalue weighted by Crippen LogP contribution is -2.38. The number of hydrogen-bond donors (Lipinski definition) is 3. The van der Waals surface area contributed by atoms with Gasteiger partial charge in [-0.05, 0) is 29.5 Å². The van der Waals surface area contributed by atoms with Gasteiger partial charge in [-0.1, -0.05) is 33.8 Å². The summed E-state index contributed by atoms with van der Waals surface area (Å²) < 4.78 is 0. The van der Waals surface area contributed by atoms with E-state index in [2.05, 4.69) is 5.32 Å². The van der Waals surface area contributed by atoms with Crippen molar-refractivity contribution < 1.29 is 9.90 Å². The van der Waals surface area contributed by atoms with Gasteiger partial charge in [0.25, 0.3) is 0 Å². The van der Waals surface area contributed by atoms with Crippen LogP contribution in [0.1, 0.15) is 39.7 Å². The quantitative estimate of drug-likeness (QED) is 0.732. The number of amides is 1. The number of nitrogens with one attached hydrogen (secondary N) is 1. The molecule has 4 nitrogen and oxygen atoms in total. The summed E-state index contributed by atoms with van der Waals surface area (Å²) in [7, 11) is 0. The number of anilines is 1. The third-order valence-electron chi connectivity index (χ3n) is 3.26. The molecular weight excluding hydrogens is 240 g/mol. The van der Waals surface area contributed by atoms with Crippen LogP contribution in [0.25, 0.3) is 0 Å². The van der Waals surface area contributed by atoms with Crippen LogP contribution in [-0.4, -0.2) is 17.1 Å². The second kappa shape index (κ2) is 6.06. The van der Waals surface area contributed by atoms with Gasteiger partial charge in [-0.3, -0.25) is 4.79 Å². The average molecular weight is 264 g/mol. The molecule has 0 aliphatic rings. The minimum absolute atomic E-state index is 0.0786. The number of hydrogen-bond acceptors (Lipinski definition) is 3. The Bertz CT molecular complexity index is 450. The summed E-state index contributed by atoms with van der Waals surface area (Å²) in [6, 6.07) is 5.00. The summed E-state index contributed by atoms with van der Waals surface area (Å²) >= 11 is 0. The maximum absolute atomic E-state index is 11.9. The highest BCUT2D eigenvalue weighted by Crippen LogP contribution is 2.25. The van der Waals surface area contributed by atoms with Crippen LogP contribution in [0.2, 0.25) is 0 Å². The molecule has 1 rings (SSSR count). The molecule has 0 fully saturated rings. The van der Waals surface area contributed by atoms with E-state index >= 15 is 0 Å². The second-order valence-electron chi connectivity index (χ2n) is 5.93. The van der Waals surface area contributed by atoms with Crippen molar-refractivity contribution in [2.75, 3.05) is 5.32 Å². The molecular formula is C15H24N2O2. The third kappa shape index (κ3) is 4.56. The van der Waals surface area contributed by atoms with Crippen LogP contribution >= 0.6 is 0 Å². The molecule has 19 heavy (non-hydrogen) atoms. The zero-order chi connectivity index (χ0) is 14.6. The fourth-order valence-corrected chi connectivity index (χ4v) is 1.61. The van der Waals surface area contributed by atoms with Gasteiger partial charge in [0.1, 0.15) is 5.75 Å². The van der Waals surface area contributed by atoms with Crippen LogP contribution in [0.15, 0.2) is 18.2 Å². The van der Waals surface area contributed by atoms with Crippen LogP contribution in [0.5, 0.6) is 5.75 Å². The number of nitrogens with two attached hydrogens (primary N) is 1. The highest BCUT2D eigenvalue weighted by molar-refractivity contribution is 5.92. The topological polar surface area (TPSA) is 75.3 Å². The van der Waals surface area contributed by atoms with Gasteiger partial charge in [-0.25, -0.2) is 0 Å². The first kappa shape index (κ1) is 15.5. The van der Waals surface area contributed by atoms with E-state index in [1.54, 1.807) is 12.1 Å². The summed E-state index contributed by atoms with van der Waals surface area (Å²) in [5.41, 5.74) is 7.37. The molecule has 0 bridgehead atoms. The van der Waals surface area contributed by atoms with Crippen molar-refractivity contribution >= 4 is 11.6 Å². The van der Waals surface area contributed by atoms with E-state index in [1.165, 1.54) is 0 Å². The lowest BCUT2D eigenvalue weighted by molar-refractivity contribution is -0.117. The summed E-state index contributed by atoms with van der Waals surface area (Å²) in [5, 5.41) is 12.4. The van der Waals surface area contributed by atoms with Crippen LogP contribution in [0.4, 0.5) is 5.69 Å². The number of aromatic hydroxyl groups is 1. The molecule has 1 atom stereocenters. The maximum atomic E-state index is 11.9. The third-order valence-corrected chi connectivity index (χ3v) is 3.26. The zero-order valence-electron chi connectivity index (χ0n) is 12.2. The van der Waals surface area contributed by atoms with E-state index in [0.717, 1.165) is 12.0 Å². The Morgan fingerprint density at radius 3 is 2.58 bits per heavy atom. The molecule has 0 saturated heterocycles. The molecule has 0 heterocycles. The van der Waals surface area contributed by atoms with E-state index in [4.69, 9.17) is 5.73 Å². The summed E-state index contributed by atoms with van der Waals surface area (Å²) in [5.74, 6) is -0.0964. The van der Waals surface area contributed by atoms with Gasteiger partial charge in [0.15, 0.2) is 0 Å². The van der Waals surface area contributed by atoms with Gasteiger partial charge in [-0.15, -0.1) is 0 Å². The van der Waals surface area contributed by atoms with Gasteiger partial charge in [0.2, 0.25) is 5.91 Å². The summed E-state index contributed by atoms with van der Waals surface area (Å²) in [6.07, 6.45) is 1.09. The van der Waals surface area contributed by atoms with Crippen molar-refractivity contribution in [2.24, 2.45) is 11.1 Å². The van der Waals surface area contributed by atoms with Gasteiger partial charge in [0, 0.05) is 12.5 Å². The molecule has 106 valence electrons. The van der Waals surface area contributed by atoms with Crippen molar-refractivity contribution in [3.8, 4) is 5.75 Å². The first-order chi connectivity index (χ1) is 8.74. The summed E-state index contributed by atoms with van der Waals surface area (Å²) in [6.45, 7) is 8.02. The average Bonchev–Trinajstić information content (AvgIpc) is 2.30. The van der Waals surface area contributed by atoms with E-state index < -0.39 is 0 Å². The van der Waals surface area contributed by atoms with E-state index in [1.807, 2.05) is 33.8 Å². The van der Waals surface area contributed by atoms with Gasteiger partial charge < -0.3 is 16.2 Å². The number of phenols is 1. The SMILES string of the molecule is CCc1ccc(O)c(NC(=O)CC(N)C(C)(C)C)c1. The minimum atomic E-state index is -0.219. The highest BCUT2D eigenvalue weighted by atomic mass is 16.3. The van der Waals surface area contributed by atoms with Crippen molar-refractivity contribution in [1.82, 2.24) is 0 Å². The molecule has 0 radical (unpaired) electrons. The van der Waals surface area contributed by atoms with Crippen LogP contribution in [0, 0.1) is 5.41 Å². The Hall–Kier alpha value is -1.55. The van der Waals surface area contributed by atoms with E-state index in [0.29, 0.717) is 5.69 Å². The van der Waals surface area contributed by atoms with E-state index in [-0.39, 0.29) is 29.5 Å². The Kier molecular flexibility index (Phi) is 4.95. The van der Waals surface area contributed by atoms with Crippen LogP contribution in [-0.2, 0) is 11.2 Å². The molecule has 0 aromatic heterocycles. The molecule has 0 aliphatic carbocycles. The number of benzene rings is 1. The molecule has 0 aliphatic heterocycles. The number of aryl methyl sites for hydroxylation is 1. The highest BCUT2D eigenvalue weighted by Gasteiger charge is 2.23. The molecule has 1 unspecified atom stereocenters. The van der Waals surface area contributed by atoms with Crippen LogP contribution < -0.4 is 11.1 Å². The fraction of sp³-hybridized carbons (Fsp3) is 0.533. The number of phenolic OH excluding ortho intramolecular Hbond substituents is 1. The molecule has 1 amide bonds. The smallest absolute Gasteiger partial charge is 0.226 e. The van der Waals surface area contributed by atoms with Crippen molar-refractivity contribution in [3.05, 3.63) is 23.8 Å². The predicted molar refractivity (Wildman–Crippen MR) is 78.2 cm³/mol. The Balaban J connectivity index is 2.72. The number of carbonyl (C=O) groups excluding carboxylic acids is 1. The molecule has 0 saturated carbocycles. The zero-order valence-corrected chi connectivity index (χ0v) is 12.2. The first-order valence-corrected chi connectivity index (χ1v) is 6.61. The van der Waals surface area contributed by atoms with Crippen molar-refractivity contribution in [2.45, 2.75) is 46.6 Å². The minimum Gasteiger partial charge on any atom is -0.506 e.